The van der Waals surface area contributed by atoms with E-state index in [1.54, 1.807) is 18.2 Å². The van der Waals surface area contributed by atoms with E-state index in [2.05, 4.69) is 4.98 Å². The van der Waals surface area contributed by atoms with Crippen molar-refractivity contribution in [1.82, 2.24) is 4.98 Å². The van der Waals surface area contributed by atoms with Gasteiger partial charge in [0.15, 0.2) is 0 Å². The molecule has 0 fully saturated rings. The first-order chi connectivity index (χ1) is 5.79. The molecule has 1 heterocycles. The minimum atomic E-state index is 0.562. The summed E-state index contributed by atoms with van der Waals surface area (Å²) in [6.07, 6.45) is 0. The van der Waals surface area contributed by atoms with E-state index in [1.165, 1.54) is 0 Å². The second kappa shape index (κ2) is 2.54. The van der Waals surface area contributed by atoms with Crippen LogP contribution in [0, 0.1) is 11.3 Å². The van der Waals surface area contributed by atoms with Gasteiger partial charge in [-0.05, 0) is 18.2 Å². The minimum absolute atomic E-state index is 0.562. The summed E-state index contributed by atoms with van der Waals surface area (Å²) in [5.41, 5.74) is 1.46. The second-order valence-electron chi connectivity index (χ2n) is 2.53. The van der Waals surface area contributed by atoms with Crippen molar-refractivity contribution in [3.05, 3.63) is 35.0 Å². The maximum atomic E-state index is 8.59. The second-order valence-corrected chi connectivity index (χ2v) is 2.96. The summed E-state index contributed by atoms with van der Waals surface area (Å²) in [4.78, 5) is 2.94. The number of nitrogens with zero attached hydrogens (tertiary/aromatic N) is 1. The molecule has 1 N–H and O–H groups in total. The van der Waals surface area contributed by atoms with Gasteiger partial charge in [-0.15, -0.1) is 0 Å². The molecule has 0 amide bonds. The Bertz CT molecular complexity index is 465. The molecule has 3 heteroatoms. The van der Waals surface area contributed by atoms with Gasteiger partial charge in [-0.25, -0.2) is 0 Å². The van der Waals surface area contributed by atoms with Crippen LogP contribution in [0.5, 0.6) is 0 Å². The number of rotatable bonds is 0. The molecule has 2 nitrogen and oxygen atoms in total. The smallest absolute Gasteiger partial charge is 0.118 e. The molecule has 0 unspecified atom stereocenters. The van der Waals surface area contributed by atoms with Gasteiger partial charge in [0.1, 0.15) is 11.8 Å². The summed E-state index contributed by atoms with van der Waals surface area (Å²) in [6, 6.07) is 9.33. The van der Waals surface area contributed by atoms with Gasteiger partial charge >= 0.3 is 0 Å². The number of benzene rings is 1. The van der Waals surface area contributed by atoms with E-state index in [9.17, 15) is 0 Å². The Morgan fingerprint density at radius 3 is 2.92 bits per heavy atom. The van der Waals surface area contributed by atoms with Crippen LogP contribution in [0.15, 0.2) is 24.3 Å². The Balaban J connectivity index is 2.77. The number of H-pyrrole nitrogens is 1. The third-order valence-electron chi connectivity index (χ3n) is 1.70. The van der Waals surface area contributed by atoms with Crippen LogP contribution in [0.3, 0.4) is 0 Å². The number of fused-ring (bicyclic) bond motifs is 1. The summed E-state index contributed by atoms with van der Waals surface area (Å²) in [6.45, 7) is 0. The molecule has 0 saturated heterocycles. The fourth-order valence-electron chi connectivity index (χ4n) is 1.16. The molecular weight excluding hydrogens is 172 g/mol. The predicted octanol–water partition coefficient (Wildman–Crippen LogP) is 2.69. The molecule has 1 aromatic carbocycles. The van der Waals surface area contributed by atoms with Gasteiger partial charge in [-0.2, -0.15) is 5.26 Å². The van der Waals surface area contributed by atoms with Gasteiger partial charge in [0, 0.05) is 15.9 Å². The van der Waals surface area contributed by atoms with Crippen LogP contribution < -0.4 is 0 Å². The van der Waals surface area contributed by atoms with E-state index in [4.69, 9.17) is 16.9 Å². The lowest BCUT2D eigenvalue weighted by Gasteiger charge is -1.88. The van der Waals surface area contributed by atoms with Crippen molar-refractivity contribution >= 4 is 22.5 Å². The van der Waals surface area contributed by atoms with Crippen molar-refractivity contribution in [2.24, 2.45) is 0 Å². The Kier molecular flexibility index (Phi) is 1.53. The predicted molar refractivity (Wildman–Crippen MR) is 48.0 cm³/mol. The van der Waals surface area contributed by atoms with Gasteiger partial charge in [-0.3, -0.25) is 0 Å². The molecule has 0 aliphatic carbocycles. The van der Waals surface area contributed by atoms with Crippen molar-refractivity contribution < 1.29 is 0 Å². The highest BCUT2D eigenvalue weighted by Gasteiger charge is 1.98. The van der Waals surface area contributed by atoms with Crippen molar-refractivity contribution in [3.63, 3.8) is 0 Å². The Labute approximate surface area is 74.4 Å². The summed E-state index contributed by atoms with van der Waals surface area (Å²) in [5.74, 6) is 0. The molecular formula is C9H5ClN2. The Morgan fingerprint density at radius 1 is 1.33 bits per heavy atom. The fraction of sp³-hybridized carbons (Fsp3) is 0. The first-order valence-electron chi connectivity index (χ1n) is 3.48. The number of nitrogens with one attached hydrogen (secondary N) is 1. The molecule has 12 heavy (non-hydrogen) atoms. The number of aromatic amines is 1. The third-order valence-corrected chi connectivity index (χ3v) is 1.94. The minimum Gasteiger partial charge on any atom is -0.346 e. The summed E-state index contributed by atoms with van der Waals surface area (Å²) < 4.78 is 0. The van der Waals surface area contributed by atoms with Crippen LogP contribution in [0.4, 0.5) is 0 Å². The first kappa shape index (κ1) is 7.20. The van der Waals surface area contributed by atoms with E-state index in [1.807, 2.05) is 12.1 Å². The topological polar surface area (TPSA) is 39.6 Å². The van der Waals surface area contributed by atoms with Crippen LogP contribution >= 0.6 is 11.6 Å². The molecule has 0 aliphatic rings. The maximum Gasteiger partial charge on any atom is 0.118 e. The third kappa shape index (κ3) is 1.05. The average Bonchev–Trinajstić information content (AvgIpc) is 2.46. The SMILES string of the molecule is N#Cc1cc2ccc(Cl)cc2[nH]1. The van der Waals surface area contributed by atoms with Gasteiger partial charge in [-0.1, -0.05) is 17.7 Å². The van der Waals surface area contributed by atoms with E-state index in [0.29, 0.717) is 10.7 Å². The lowest BCUT2D eigenvalue weighted by atomic mass is 10.2. The van der Waals surface area contributed by atoms with Crippen molar-refractivity contribution in [1.29, 1.82) is 5.26 Å². The molecule has 2 aromatic rings. The zero-order valence-corrected chi connectivity index (χ0v) is 6.89. The molecule has 1 aromatic heterocycles. The lowest BCUT2D eigenvalue weighted by Crippen LogP contribution is -1.69. The van der Waals surface area contributed by atoms with E-state index in [0.717, 1.165) is 10.9 Å². The largest absolute Gasteiger partial charge is 0.346 e. The van der Waals surface area contributed by atoms with Crippen LogP contribution in [-0.4, -0.2) is 4.98 Å². The zero-order valence-electron chi connectivity index (χ0n) is 6.13. The average molecular weight is 177 g/mol. The van der Waals surface area contributed by atoms with Gasteiger partial charge in [0.2, 0.25) is 0 Å². The van der Waals surface area contributed by atoms with Crippen LogP contribution in [0.2, 0.25) is 5.02 Å². The van der Waals surface area contributed by atoms with Crippen LogP contribution in [-0.2, 0) is 0 Å². The maximum absolute atomic E-state index is 8.59. The molecule has 0 radical (unpaired) electrons. The lowest BCUT2D eigenvalue weighted by molar-refractivity contribution is 1.37. The highest BCUT2D eigenvalue weighted by molar-refractivity contribution is 6.31. The monoisotopic (exact) mass is 176 g/mol. The van der Waals surface area contributed by atoms with Gasteiger partial charge in [0.05, 0.1) is 0 Å². The molecule has 58 valence electrons. The summed E-state index contributed by atoms with van der Waals surface area (Å²) in [7, 11) is 0. The van der Waals surface area contributed by atoms with E-state index in [-0.39, 0.29) is 0 Å². The molecule has 0 saturated carbocycles. The van der Waals surface area contributed by atoms with Crippen molar-refractivity contribution in [3.8, 4) is 6.07 Å². The highest BCUT2D eigenvalue weighted by atomic mass is 35.5. The standard InChI is InChI=1S/C9H5ClN2/c10-7-2-1-6-3-8(5-11)12-9(6)4-7/h1-4,12H. The van der Waals surface area contributed by atoms with Gasteiger partial charge < -0.3 is 4.98 Å². The number of hydrogen-bond donors (Lipinski definition) is 1. The van der Waals surface area contributed by atoms with Crippen LogP contribution in [0.25, 0.3) is 10.9 Å². The Hall–Kier alpha value is -1.46. The van der Waals surface area contributed by atoms with Crippen molar-refractivity contribution in [2.75, 3.05) is 0 Å². The molecule has 0 bridgehead atoms. The summed E-state index contributed by atoms with van der Waals surface area (Å²) >= 11 is 5.77. The number of halogens is 1. The first-order valence-corrected chi connectivity index (χ1v) is 3.86. The molecule has 0 spiro atoms. The number of hydrogen-bond acceptors (Lipinski definition) is 1. The number of nitriles is 1. The van der Waals surface area contributed by atoms with E-state index >= 15 is 0 Å². The Morgan fingerprint density at radius 2 is 2.17 bits per heavy atom. The fourth-order valence-corrected chi connectivity index (χ4v) is 1.33. The highest BCUT2D eigenvalue weighted by Crippen LogP contribution is 2.19. The number of aromatic nitrogens is 1. The summed E-state index contributed by atoms with van der Waals surface area (Å²) in [5, 5.41) is 10.3. The quantitative estimate of drug-likeness (QED) is 0.659. The molecule has 2 rings (SSSR count). The molecule has 0 atom stereocenters. The van der Waals surface area contributed by atoms with Crippen molar-refractivity contribution in [2.45, 2.75) is 0 Å². The zero-order chi connectivity index (χ0) is 8.55. The normalized spacial score (nSPS) is 10.0. The van der Waals surface area contributed by atoms with Gasteiger partial charge in [0.25, 0.3) is 0 Å². The van der Waals surface area contributed by atoms with Crippen LogP contribution in [0.1, 0.15) is 5.69 Å². The van der Waals surface area contributed by atoms with E-state index < -0.39 is 0 Å². The molecule has 0 aliphatic heterocycles.